The highest BCUT2D eigenvalue weighted by molar-refractivity contribution is 9.10. The summed E-state index contributed by atoms with van der Waals surface area (Å²) < 4.78 is 25.3. The van der Waals surface area contributed by atoms with Crippen molar-refractivity contribution in [3.8, 4) is 0 Å². The van der Waals surface area contributed by atoms with E-state index in [-0.39, 0.29) is 17.8 Å². The lowest BCUT2D eigenvalue weighted by atomic mass is 10.2. The van der Waals surface area contributed by atoms with Gasteiger partial charge in [-0.05, 0) is 43.5 Å². The standard InChI is InChI=1S/C12H15BrO3S/c1-9-6-10(2-3-11(9)13)17(15,16)8-12(7-14)4-5-12/h2-3,6,14H,4-5,7-8H2,1H3. The molecule has 0 unspecified atom stereocenters. The minimum Gasteiger partial charge on any atom is -0.396 e. The van der Waals surface area contributed by atoms with Gasteiger partial charge >= 0.3 is 0 Å². The van der Waals surface area contributed by atoms with Crippen molar-refractivity contribution in [3.63, 3.8) is 0 Å². The fourth-order valence-corrected chi connectivity index (χ4v) is 4.05. The van der Waals surface area contributed by atoms with Crippen LogP contribution in [0.2, 0.25) is 0 Å². The smallest absolute Gasteiger partial charge is 0.179 e. The second-order valence-electron chi connectivity index (χ2n) is 4.83. The Morgan fingerprint density at radius 2 is 2.06 bits per heavy atom. The summed E-state index contributed by atoms with van der Waals surface area (Å²) in [5.41, 5.74) is 0.528. The van der Waals surface area contributed by atoms with Crippen molar-refractivity contribution in [3.05, 3.63) is 28.2 Å². The van der Waals surface area contributed by atoms with Crippen molar-refractivity contribution in [1.82, 2.24) is 0 Å². The first kappa shape index (κ1) is 13.1. The summed E-state index contributed by atoms with van der Waals surface area (Å²) in [6.45, 7) is 1.82. The molecule has 1 aromatic carbocycles. The normalized spacial score (nSPS) is 18.1. The molecule has 0 aromatic heterocycles. The van der Waals surface area contributed by atoms with Gasteiger partial charge in [0.1, 0.15) is 0 Å². The SMILES string of the molecule is Cc1cc(S(=O)(=O)CC2(CO)CC2)ccc1Br. The van der Waals surface area contributed by atoms with Crippen LogP contribution in [0.1, 0.15) is 18.4 Å². The number of rotatable bonds is 4. The Morgan fingerprint density at radius 1 is 1.41 bits per heavy atom. The van der Waals surface area contributed by atoms with Crippen LogP contribution in [0, 0.1) is 12.3 Å². The van der Waals surface area contributed by atoms with Gasteiger partial charge in [0.2, 0.25) is 0 Å². The first-order valence-electron chi connectivity index (χ1n) is 5.48. The highest BCUT2D eigenvalue weighted by atomic mass is 79.9. The first-order chi connectivity index (χ1) is 7.88. The van der Waals surface area contributed by atoms with Crippen molar-refractivity contribution in [2.75, 3.05) is 12.4 Å². The summed E-state index contributed by atoms with van der Waals surface area (Å²) in [7, 11) is -3.29. The summed E-state index contributed by atoms with van der Waals surface area (Å²) in [6.07, 6.45) is 1.61. The molecule has 0 bridgehead atoms. The lowest BCUT2D eigenvalue weighted by Crippen LogP contribution is -2.20. The summed E-state index contributed by atoms with van der Waals surface area (Å²) >= 11 is 3.35. The first-order valence-corrected chi connectivity index (χ1v) is 7.93. The molecule has 17 heavy (non-hydrogen) atoms. The Bertz CT molecular complexity index is 533. The van der Waals surface area contributed by atoms with Crippen LogP contribution < -0.4 is 0 Å². The lowest BCUT2D eigenvalue weighted by molar-refractivity contribution is 0.226. The van der Waals surface area contributed by atoms with Crippen LogP contribution in [0.15, 0.2) is 27.6 Å². The number of benzene rings is 1. The third-order valence-electron chi connectivity index (χ3n) is 3.28. The zero-order chi connectivity index (χ0) is 12.7. The van der Waals surface area contributed by atoms with E-state index >= 15 is 0 Å². The van der Waals surface area contributed by atoms with E-state index in [1.807, 2.05) is 6.92 Å². The van der Waals surface area contributed by atoms with Crippen LogP contribution in [0.25, 0.3) is 0 Å². The average molecular weight is 319 g/mol. The molecule has 1 aromatic rings. The number of halogens is 1. The zero-order valence-electron chi connectivity index (χ0n) is 9.61. The Morgan fingerprint density at radius 3 is 2.53 bits per heavy atom. The van der Waals surface area contributed by atoms with Crippen LogP contribution in [0.5, 0.6) is 0 Å². The van der Waals surface area contributed by atoms with E-state index in [0.29, 0.717) is 4.90 Å². The highest BCUT2D eigenvalue weighted by Gasteiger charge is 2.45. The van der Waals surface area contributed by atoms with Crippen molar-refractivity contribution in [1.29, 1.82) is 0 Å². The third kappa shape index (κ3) is 2.72. The minimum atomic E-state index is -3.29. The molecule has 5 heteroatoms. The molecule has 1 aliphatic carbocycles. The number of aryl methyl sites for hydroxylation is 1. The predicted molar refractivity (Wildman–Crippen MR) is 69.7 cm³/mol. The second-order valence-corrected chi connectivity index (χ2v) is 7.67. The second kappa shape index (κ2) is 4.37. The number of aliphatic hydroxyl groups excluding tert-OH is 1. The Kier molecular flexibility index (Phi) is 3.36. The van der Waals surface area contributed by atoms with Gasteiger partial charge in [0.25, 0.3) is 0 Å². The van der Waals surface area contributed by atoms with Gasteiger partial charge in [-0.15, -0.1) is 0 Å². The molecule has 1 saturated carbocycles. The topological polar surface area (TPSA) is 54.4 Å². The van der Waals surface area contributed by atoms with Crippen LogP contribution in [0.3, 0.4) is 0 Å². The third-order valence-corrected chi connectivity index (χ3v) is 6.13. The van der Waals surface area contributed by atoms with Crippen LogP contribution in [0.4, 0.5) is 0 Å². The summed E-state index contributed by atoms with van der Waals surface area (Å²) in [4.78, 5) is 0.345. The van der Waals surface area contributed by atoms with E-state index < -0.39 is 9.84 Å². The molecule has 0 spiro atoms. The highest BCUT2D eigenvalue weighted by Crippen LogP contribution is 2.47. The fraction of sp³-hybridized carbons (Fsp3) is 0.500. The predicted octanol–water partition coefficient (Wildman–Crippen LogP) is 2.30. The van der Waals surface area contributed by atoms with Gasteiger partial charge in [-0.3, -0.25) is 0 Å². The quantitative estimate of drug-likeness (QED) is 0.926. The van der Waals surface area contributed by atoms with E-state index in [4.69, 9.17) is 0 Å². The minimum absolute atomic E-state index is 0.0399. The van der Waals surface area contributed by atoms with Crippen LogP contribution >= 0.6 is 15.9 Å². The zero-order valence-corrected chi connectivity index (χ0v) is 12.0. The van der Waals surface area contributed by atoms with Gasteiger partial charge in [-0.1, -0.05) is 15.9 Å². The summed E-state index contributed by atoms with van der Waals surface area (Å²) in [5.74, 6) is 0.0531. The molecule has 0 atom stereocenters. The van der Waals surface area contributed by atoms with Crippen molar-refractivity contribution in [2.45, 2.75) is 24.7 Å². The molecule has 2 rings (SSSR count). The van der Waals surface area contributed by atoms with Crippen LogP contribution in [-0.2, 0) is 9.84 Å². The Balaban J connectivity index is 2.29. The van der Waals surface area contributed by atoms with Gasteiger partial charge in [0.05, 0.1) is 10.6 Å². The van der Waals surface area contributed by atoms with Gasteiger partial charge in [0, 0.05) is 16.5 Å². The molecular weight excluding hydrogens is 304 g/mol. The van der Waals surface area contributed by atoms with Crippen LogP contribution in [-0.4, -0.2) is 25.9 Å². The Hall–Kier alpha value is -0.390. The van der Waals surface area contributed by atoms with Gasteiger partial charge in [-0.2, -0.15) is 0 Å². The summed E-state index contributed by atoms with van der Waals surface area (Å²) in [5, 5.41) is 9.19. The molecule has 3 nitrogen and oxygen atoms in total. The molecule has 0 radical (unpaired) electrons. The van der Waals surface area contributed by atoms with E-state index in [9.17, 15) is 13.5 Å². The molecule has 0 amide bonds. The molecule has 0 saturated heterocycles. The number of hydrogen-bond acceptors (Lipinski definition) is 3. The van der Waals surface area contributed by atoms with Crippen molar-refractivity contribution < 1.29 is 13.5 Å². The Labute approximate surface area is 110 Å². The maximum Gasteiger partial charge on any atom is 0.179 e. The fourth-order valence-electron chi connectivity index (χ4n) is 1.82. The van der Waals surface area contributed by atoms with E-state index in [1.54, 1.807) is 18.2 Å². The van der Waals surface area contributed by atoms with Gasteiger partial charge in [-0.25, -0.2) is 8.42 Å². The number of sulfone groups is 1. The van der Waals surface area contributed by atoms with E-state index in [1.165, 1.54) is 0 Å². The molecule has 0 aliphatic heterocycles. The molecule has 0 heterocycles. The lowest BCUT2D eigenvalue weighted by Gasteiger charge is -2.12. The maximum atomic E-state index is 12.2. The van der Waals surface area contributed by atoms with Crippen molar-refractivity contribution >= 4 is 25.8 Å². The molecule has 1 N–H and O–H groups in total. The van der Waals surface area contributed by atoms with E-state index in [0.717, 1.165) is 22.9 Å². The molecule has 1 fully saturated rings. The molecule has 94 valence electrons. The monoisotopic (exact) mass is 318 g/mol. The number of hydrogen-bond donors (Lipinski definition) is 1. The average Bonchev–Trinajstić information content (AvgIpc) is 3.02. The molecular formula is C12H15BrO3S. The summed E-state index contributed by atoms with van der Waals surface area (Å²) in [6, 6.07) is 5.04. The van der Waals surface area contributed by atoms with Gasteiger partial charge in [0.15, 0.2) is 9.84 Å². The van der Waals surface area contributed by atoms with Crippen molar-refractivity contribution in [2.24, 2.45) is 5.41 Å². The largest absolute Gasteiger partial charge is 0.396 e. The maximum absolute atomic E-state index is 12.2. The number of aliphatic hydroxyl groups is 1. The van der Waals surface area contributed by atoms with Gasteiger partial charge < -0.3 is 5.11 Å². The van der Waals surface area contributed by atoms with E-state index in [2.05, 4.69) is 15.9 Å². The molecule has 1 aliphatic rings.